The average Bonchev–Trinajstić information content (AvgIpc) is 2.92. The molecule has 0 bridgehead atoms. The Morgan fingerprint density at radius 2 is 1.82 bits per heavy atom. The first kappa shape index (κ1) is 13.8. The third-order valence-electron chi connectivity index (χ3n) is 3.38. The van der Waals surface area contributed by atoms with Gasteiger partial charge in [0.2, 0.25) is 0 Å². The normalized spacial score (nSPS) is 12.2. The highest BCUT2D eigenvalue weighted by atomic mass is 16.4. The summed E-state index contributed by atoms with van der Waals surface area (Å²) in [7, 11) is 0. The standard InChI is InChI=1S/C16H14N4O2/c1-10-6-8-11(9-7-10)14(17)15(16(21)22)20-13-5-3-2-4-12(13)18-19-20/h2-9H,17H2,1H3,(H,21,22)/b15-14+. The molecule has 0 spiro atoms. The van der Waals surface area contributed by atoms with Crippen LogP contribution in [0.4, 0.5) is 0 Å². The number of aryl methyl sites for hydroxylation is 1. The number of nitrogens with zero attached hydrogens (tertiary/aromatic N) is 3. The molecule has 0 aliphatic heterocycles. The van der Waals surface area contributed by atoms with Gasteiger partial charge in [0.25, 0.3) is 0 Å². The summed E-state index contributed by atoms with van der Waals surface area (Å²) in [5.74, 6) is -1.16. The molecule has 3 rings (SSSR count). The molecule has 0 atom stereocenters. The molecule has 0 fully saturated rings. The van der Waals surface area contributed by atoms with E-state index in [1.165, 1.54) is 4.68 Å². The van der Waals surface area contributed by atoms with E-state index in [1.807, 2.05) is 25.1 Å². The van der Waals surface area contributed by atoms with Crippen molar-refractivity contribution in [1.29, 1.82) is 0 Å². The summed E-state index contributed by atoms with van der Waals surface area (Å²) in [4.78, 5) is 11.7. The van der Waals surface area contributed by atoms with Gasteiger partial charge in [-0.3, -0.25) is 0 Å². The highest BCUT2D eigenvalue weighted by molar-refractivity contribution is 6.18. The molecule has 0 amide bonds. The van der Waals surface area contributed by atoms with Crippen LogP contribution in [-0.4, -0.2) is 26.1 Å². The van der Waals surface area contributed by atoms with Gasteiger partial charge < -0.3 is 10.8 Å². The van der Waals surface area contributed by atoms with Gasteiger partial charge in [0.15, 0.2) is 5.70 Å². The van der Waals surface area contributed by atoms with Crippen LogP contribution in [0.15, 0.2) is 48.5 Å². The maximum absolute atomic E-state index is 11.7. The first-order chi connectivity index (χ1) is 10.6. The third kappa shape index (κ3) is 2.31. The summed E-state index contributed by atoms with van der Waals surface area (Å²) < 4.78 is 1.26. The van der Waals surface area contributed by atoms with Crippen LogP contribution >= 0.6 is 0 Å². The zero-order chi connectivity index (χ0) is 15.7. The van der Waals surface area contributed by atoms with Crippen molar-refractivity contribution in [2.75, 3.05) is 0 Å². The van der Waals surface area contributed by atoms with Crippen molar-refractivity contribution in [3.63, 3.8) is 0 Å². The van der Waals surface area contributed by atoms with Gasteiger partial charge in [-0.2, -0.15) is 0 Å². The second-order valence-corrected chi connectivity index (χ2v) is 4.92. The quantitative estimate of drug-likeness (QED) is 0.721. The molecule has 1 aromatic heterocycles. The Kier molecular flexibility index (Phi) is 3.34. The summed E-state index contributed by atoms with van der Waals surface area (Å²) in [5.41, 5.74) is 9.01. The Bertz CT molecular complexity index is 879. The van der Waals surface area contributed by atoms with Gasteiger partial charge in [-0.25, -0.2) is 9.48 Å². The molecule has 3 N–H and O–H groups in total. The molecule has 0 saturated carbocycles. The zero-order valence-electron chi connectivity index (χ0n) is 11.9. The van der Waals surface area contributed by atoms with E-state index in [0.717, 1.165) is 5.56 Å². The molecule has 0 unspecified atom stereocenters. The van der Waals surface area contributed by atoms with Crippen LogP contribution in [0.1, 0.15) is 11.1 Å². The van der Waals surface area contributed by atoms with E-state index in [-0.39, 0.29) is 11.4 Å². The average molecular weight is 294 g/mol. The maximum Gasteiger partial charge on any atom is 0.356 e. The van der Waals surface area contributed by atoms with E-state index < -0.39 is 5.97 Å². The number of fused-ring (bicyclic) bond motifs is 1. The van der Waals surface area contributed by atoms with Gasteiger partial charge in [-0.15, -0.1) is 5.10 Å². The minimum absolute atomic E-state index is 0.113. The van der Waals surface area contributed by atoms with Crippen molar-refractivity contribution in [3.05, 3.63) is 59.7 Å². The molecule has 6 nitrogen and oxygen atoms in total. The summed E-state index contributed by atoms with van der Waals surface area (Å²) in [6.07, 6.45) is 0. The lowest BCUT2D eigenvalue weighted by Crippen LogP contribution is -2.15. The number of rotatable bonds is 3. The van der Waals surface area contributed by atoms with E-state index in [1.54, 1.807) is 30.3 Å². The van der Waals surface area contributed by atoms with Crippen molar-refractivity contribution >= 4 is 28.4 Å². The number of carboxylic acid groups (broad SMARTS) is 1. The highest BCUT2D eigenvalue weighted by Crippen LogP contribution is 2.21. The molecule has 1 heterocycles. The van der Waals surface area contributed by atoms with Crippen LogP contribution in [0.25, 0.3) is 22.4 Å². The fourth-order valence-corrected chi connectivity index (χ4v) is 2.22. The predicted octanol–water partition coefficient (Wildman–Crippen LogP) is 2.11. The Labute approximate surface area is 126 Å². The van der Waals surface area contributed by atoms with Crippen molar-refractivity contribution in [2.24, 2.45) is 5.73 Å². The Balaban J connectivity index is 2.23. The number of benzene rings is 2. The van der Waals surface area contributed by atoms with Crippen molar-refractivity contribution in [3.8, 4) is 0 Å². The maximum atomic E-state index is 11.7. The molecule has 22 heavy (non-hydrogen) atoms. The summed E-state index contributed by atoms with van der Waals surface area (Å²) in [6.45, 7) is 1.95. The molecule has 0 saturated heterocycles. The molecular formula is C16H14N4O2. The summed E-state index contributed by atoms with van der Waals surface area (Å²) in [5, 5.41) is 17.5. The van der Waals surface area contributed by atoms with Gasteiger partial charge in [-0.05, 0) is 24.6 Å². The topological polar surface area (TPSA) is 94.0 Å². The van der Waals surface area contributed by atoms with Crippen molar-refractivity contribution in [1.82, 2.24) is 15.0 Å². The molecular weight excluding hydrogens is 280 g/mol. The number of para-hydroxylation sites is 1. The van der Waals surface area contributed by atoms with Crippen LogP contribution in [0, 0.1) is 6.92 Å². The van der Waals surface area contributed by atoms with Gasteiger partial charge in [0.1, 0.15) is 5.52 Å². The first-order valence-corrected chi connectivity index (χ1v) is 6.69. The molecule has 110 valence electrons. The molecule has 2 aromatic carbocycles. The SMILES string of the molecule is Cc1ccc(/C(N)=C(/C(=O)O)n2nnc3ccccc32)cc1. The van der Waals surface area contributed by atoms with Crippen LogP contribution in [0.2, 0.25) is 0 Å². The van der Waals surface area contributed by atoms with Crippen LogP contribution in [-0.2, 0) is 4.79 Å². The van der Waals surface area contributed by atoms with E-state index >= 15 is 0 Å². The lowest BCUT2D eigenvalue weighted by atomic mass is 10.1. The molecule has 0 radical (unpaired) electrons. The first-order valence-electron chi connectivity index (χ1n) is 6.69. The fourth-order valence-electron chi connectivity index (χ4n) is 2.22. The van der Waals surface area contributed by atoms with Crippen LogP contribution < -0.4 is 5.73 Å². The Morgan fingerprint density at radius 3 is 2.50 bits per heavy atom. The zero-order valence-corrected chi connectivity index (χ0v) is 11.9. The Hall–Kier alpha value is -3.15. The molecule has 0 aliphatic carbocycles. The number of hydrogen-bond donors (Lipinski definition) is 2. The second kappa shape index (κ2) is 5.33. The lowest BCUT2D eigenvalue weighted by Gasteiger charge is -2.09. The largest absolute Gasteiger partial charge is 0.476 e. The number of hydrogen-bond acceptors (Lipinski definition) is 4. The van der Waals surface area contributed by atoms with Gasteiger partial charge in [0, 0.05) is 0 Å². The number of nitrogens with two attached hydrogens (primary N) is 1. The van der Waals surface area contributed by atoms with E-state index in [0.29, 0.717) is 16.6 Å². The van der Waals surface area contributed by atoms with Crippen molar-refractivity contribution in [2.45, 2.75) is 6.92 Å². The highest BCUT2D eigenvalue weighted by Gasteiger charge is 2.20. The van der Waals surface area contributed by atoms with Gasteiger partial charge in [0.05, 0.1) is 11.2 Å². The predicted molar refractivity (Wildman–Crippen MR) is 83.6 cm³/mol. The fraction of sp³-hybridized carbons (Fsp3) is 0.0625. The van der Waals surface area contributed by atoms with Crippen molar-refractivity contribution < 1.29 is 9.90 Å². The molecule has 6 heteroatoms. The Morgan fingerprint density at radius 1 is 1.14 bits per heavy atom. The lowest BCUT2D eigenvalue weighted by molar-refractivity contribution is -0.130. The smallest absolute Gasteiger partial charge is 0.356 e. The summed E-state index contributed by atoms with van der Waals surface area (Å²) >= 11 is 0. The van der Waals surface area contributed by atoms with E-state index in [2.05, 4.69) is 10.3 Å². The third-order valence-corrected chi connectivity index (χ3v) is 3.38. The number of carboxylic acids is 1. The van der Waals surface area contributed by atoms with E-state index in [4.69, 9.17) is 5.73 Å². The number of aliphatic carboxylic acids is 1. The minimum atomic E-state index is -1.16. The van der Waals surface area contributed by atoms with Gasteiger partial charge in [-0.1, -0.05) is 47.2 Å². The van der Waals surface area contributed by atoms with Crippen LogP contribution in [0.5, 0.6) is 0 Å². The molecule has 3 aromatic rings. The monoisotopic (exact) mass is 294 g/mol. The van der Waals surface area contributed by atoms with Gasteiger partial charge >= 0.3 is 5.97 Å². The van der Waals surface area contributed by atoms with Crippen LogP contribution in [0.3, 0.4) is 0 Å². The number of carbonyl (C=O) groups is 1. The number of aromatic nitrogens is 3. The minimum Gasteiger partial charge on any atom is -0.476 e. The van der Waals surface area contributed by atoms with E-state index in [9.17, 15) is 9.90 Å². The second-order valence-electron chi connectivity index (χ2n) is 4.92. The molecule has 0 aliphatic rings. The summed E-state index contributed by atoms with van der Waals surface area (Å²) in [6, 6.07) is 14.4.